The highest BCUT2D eigenvalue weighted by Crippen LogP contribution is 2.61. The lowest BCUT2D eigenvalue weighted by atomic mass is 9.73. The molecule has 0 saturated heterocycles. The van der Waals surface area contributed by atoms with Gasteiger partial charge in [0.1, 0.15) is 22.3 Å². The third-order valence-corrected chi connectivity index (χ3v) is 32.8. The molecule has 0 aliphatic heterocycles. The van der Waals surface area contributed by atoms with Crippen LogP contribution in [0.4, 0.5) is 68.2 Å². The monoisotopic (exact) mass is 1710 g/mol. The third kappa shape index (κ3) is 15.5. The minimum atomic E-state index is -1.63. The van der Waals surface area contributed by atoms with Gasteiger partial charge >= 0.3 is 0 Å². The predicted molar refractivity (Wildman–Crippen MR) is 557 cm³/mol. The van der Waals surface area contributed by atoms with E-state index in [1.165, 1.54) is 88.3 Å². The van der Waals surface area contributed by atoms with Crippen molar-refractivity contribution < 1.29 is 8.83 Å². The fourth-order valence-corrected chi connectivity index (χ4v) is 22.5. The number of fused-ring (bicyclic) bond motifs is 14. The van der Waals surface area contributed by atoms with Crippen LogP contribution < -0.4 is 30.0 Å². The van der Waals surface area contributed by atoms with E-state index in [0.29, 0.717) is 0 Å². The van der Waals surface area contributed by atoms with Crippen molar-refractivity contribution in [1.82, 2.24) is 0 Å². The van der Waals surface area contributed by atoms with Crippen LogP contribution in [0.5, 0.6) is 0 Å². The minimum Gasteiger partial charge on any atom is -0.455 e. The molecule has 0 saturated carbocycles. The van der Waals surface area contributed by atoms with Crippen LogP contribution in [0.2, 0.25) is 39.3 Å². The second kappa shape index (κ2) is 31.0. The number of para-hydroxylation sites is 2. The minimum absolute atomic E-state index is 0.00420. The van der Waals surface area contributed by atoms with Gasteiger partial charge in [0, 0.05) is 89.6 Å². The lowest BCUT2D eigenvalue weighted by Crippen LogP contribution is -2.37. The molecule has 2 aromatic heterocycles. The summed E-state index contributed by atoms with van der Waals surface area (Å²) in [5.74, 6) is 0. The normalized spacial score (nSPS) is 14.0. The Kier molecular flexibility index (Phi) is 21.1. The quantitative estimate of drug-likeness (QED) is 0.0752. The van der Waals surface area contributed by atoms with Crippen molar-refractivity contribution in [2.75, 3.05) is 19.6 Å². The van der Waals surface area contributed by atoms with Crippen molar-refractivity contribution >= 4 is 139 Å². The van der Waals surface area contributed by atoms with E-state index in [-0.39, 0.29) is 32.5 Å². The van der Waals surface area contributed by atoms with Crippen LogP contribution in [-0.2, 0) is 43.3 Å². The van der Waals surface area contributed by atoms with Crippen molar-refractivity contribution in [2.24, 2.45) is 0 Å². The predicted octanol–water partition coefficient (Wildman–Crippen LogP) is 34.3. The van der Waals surface area contributed by atoms with E-state index in [1.807, 2.05) is 0 Å². The number of rotatable bonds is 19. The van der Waals surface area contributed by atoms with Gasteiger partial charge in [-0.3, -0.25) is 0 Å². The molecule has 8 heteroatoms. The highest BCUT2D eigenvalue weighted by atomic mass is 28.3. The number of benzene rings is 14. The maximum atomic E-state index is 7.33. The van der Waals surface area contributed by atoms with Gasteiger partial charge in [-0.15, -0.1) is 0 Å². The first kappa shape index (κ1) is 87.0. The van der Waals surface area contributed by atoms with Crippen molar-refractivity contribution in [1.29, 1.82) is 0 Å². The zero-order chi connectivity index (χ0) is 90.9. The van der Waals surface area contributed by atoms with Crippen LogP contribution in [-0.4, -0.2) is 16.1 Å². The number of furan rings is 2. The Balaban J connectivity index is 0.669. The van der Waals surface area contributed by atoms with Crippen LogP contribution in [0.3, 0.4) is 0 Å². The molecule has 2 aliphatic carbocycles. The van der Waals surface area contributed by atoms with Gasteiger partial charge in [-0.2, -0.15) is 0 Å². The zero-order valence-electron chi connectivity index (χ0n) is 80.7. The molecule has 2 aliphatic rings. The van der Waals surface area contributed by atoms with E-state index in [1.54, 1.807) is 0 Å². The van der Waals surface area contributed by atoms with Crippen molar-refractivity contribution in [3.63, 3.8) is 0 Å². The first-order valence-corrected chi connectivity index (χ1v) is 53.6. The molecule has 18 rings (SSSR count). The molecule has 0 amide bonds. The molecule has 0 bridgehead atoms. The van der Waals surface area contributed by atoms with Crippen LogP contribution in [0.15, 0.2) is 300 Å². The standard InChI is InChI=1S/C120H130N4O2Si2/c1-113(2,3)77-35-47-83(48-36-77)121(84-49-37-78(38-50-84)114(4,5)6)91-63-69-95-99(73-91)119(17,18)101-75-103(109-97-31-27-29-33-105(97)125-111(109)107(95)101)123(87-51-39-79(40-52-87)115(7,8)9)89-57-45-82(46-58-89)118(15,16)72-71-117(13,14)81-43-55-85(56-44-81)122(86-59-65-93(66-60-86)127(21,22)23)92-64-70-96-100(74-92)120(19,20)102-76-104(110-98-32-28-30-34-106(98)126-112(110)108(96)102)124(88-53-41-80(42-54-88)116(10,11)12)90-61-67-94(68-62-90)128(24,25)26/h27-70,73-76H,71-72H2,1-26H3. The molecule has 0 atom stereocenters. The molecule has 0 radical (unpaired) electrons. The zero-order valence-corrected chi connectivity index (χ0v) is 82.7. The molecule has 14 aromatic carbocycles. The third-order valence-electron chi connectivity index (χ3n) is 28.6. The average Bonchev–Trinajstić information content (AvgIpc) is 1.54. The van der Waals surface area contributed by atoms with Gasteiger partial charge in [-0.25, -0.2) is 0 Å². The molecule has 0 fully saturated rings. The summed E-state index contributed by atoms with van der Waals surface area (Å²) < 4.78 is 14.6. The van der Waals surface area contributed by atoms with Gasteiger partial charge in [0.2, 0.25) is 0 Å². The van der Waals surface area contributed by atoms with Gasteiger partial charge in [0.15, 0.2) is 0 Å². The molecule has 0 unspecified atom stereocenters. The Morgan fingerprint density at radius 1 is 0.258 bits per heavy atom. The van der Waals surface area contributed by atoms with Crippen molar-refractivity contribution in [2.45, 2.75) is 234 Å². The molecule has 650 valence electrons. The van der Waals surface area contributed by atoms with Crippen molar-refractivity contribution in [3.8, 4) is 22.3 Å². The van der Waals surface area contributed by atoms with Gasteiger partial charge in [-0.1, -0.05) is 334 Å². The fraction of sp³-hybridized carbons (Fsp3) is 0.300. The van der Waals surface area contributed by atoms with Gasteiger partial charge in [0.25, 0.3) is 0 Å². The van der Waals surface area contributed by atoms with Crippen LogP contribution in [0, 0.1) is 0 Å². The van der Waals surface area contributed by atoms with Crippen LogP contribution in [0.25, 0.3) is 66.1 Å². The lowest BCUT2D eigenvalue weighted by Gasteiger charge is -2.33. The van der Waals surface area contributed by atoms with Gasteiger partial charge in [-0.05, 0) is 258 Å². The second-order valence-corrected chi connectivity index (χ2v) is 55.6. The molecular weight excluding hydrogens is 1590 g/mol. The summed E-state index contributed by atoms with van der Waals surface area (Å²) in [5.41, 5.74) is 33.5. The van der Waals surface area contributed by atoms with E-state index >= 15 is 0 Å². The van der Waals surface area contributed by atoms with E-state index < -0.39 is 27.0 Å². The summed E-state index contributed by atoms with van der Waals surface area (Å²) in [6, 6.07) is 112. The second-order valence-electron chi connectivity index (χ2n) is 45.4. The molecule has 6 nitrogen and oxygen atoms in total. The molecular formula is C120H130N4O2Si2. The number of nitrogens with zero attached hydrogens (tertiary/aromatic N) is 4. The van der Waals surface area contributed by atoms with Crippen molar-refractivity contribution in [3.05, 3.63) is 347 Å². The Morgan fingerprint density at radius 3 is 0.766 bits per heavy atom. The Hall–Kier alpha value is -11.7. The summed E-state index contributed by atoms with van der Waals surface area (Å²) in [5, 5.41) is 7.31. The summed E-state index contributed by atoms with van der Waals surface area (Å²) in [6.45, 7) is 61.6. The molecule has 16 aromatic rings. The van der Waals surface area contributed by atoms with Gasteiger partial charge < -0.3 is 28.4 Å². The van der Waals surface area contributed by atoms with E-state index in [9.17, 15) is 0 Å². The van der Waals surface area contributed by atoms with Crippen LogP contribution in [0.1, 0.15) is 207 Å². The summed E-state index contributed by atoms with van der Waals surface area (Å²) in [6.07, 6.45) is 1.96. The smallest absolute Gasteiger partial charge is 0.145 e. The molecule has 0 N–H and O–H groups in total. The molecule has 0 spiro atoms. The average molecular weight is 1720 g/mol. The maximum absolute atomic E-state index is 7.33. The van der Waals surface area contributed by atoms with Crippen LogP contribution >= 0.6 is 0 Å². The van der Waals surface area contributed by atoms with E-state index in [4.69, 9.17) is 8.83 Å². The lowest BCUT2D eigenvalue weighted by molar-refractivity contribution is 0.375. The summed E-state index contributed by atoms with van der Waals surface area (Å²) >= 11 is 0. The first-order valence-electron chi connectivity index (χ1n) is 46.6. The van der Waals surface area contributed by atoms with E-state index in [2.05, 4.69) is 489 Å². The fourth-order valence-electron chi connectivity index (χ4n) is 20.2. The Bertz CT molecular complexity index is 6800. The highest BCUT2D eigenvalue weighted by Gasteiger charge is 2.44. The highest BCUT2D eigenvalue weighted by molar-refractivity contribution is 6.89. The number of hydrogen-bond donors (Lipinski definition) is 0. The number of hydrogen-bond acceptors (Lipinski definition) is 6. The first-order chi connectivity index (χ1) is 60.2. The molecule has 128 heavy (non-hydrogen) atoms. The molecule has 2 heterocycles. The summed E-state index contributed by atoms with van der Waals surface area (Å²) in [4.78, 5) is 9.93. The Labute approximate surface area is 764 Å². The SMILES string of the molecule is CC(C)(C)c1ccc(N(c2ccc(C(C)(C)C)cc2)c2ccc3c(c2)C(C)(C)c2cc(N(c4ccc(C(C)(C)C)cc4)c4ccc(C(C)(C)CCC(C)(C)c5ccc(N(c6ccc([Si](C)(C)C)cc6)c6ccc7c(c6)C(C)(C)c6cc(N(c8ccc(C(C)(C)C)cc8)c8ccc([Si](C)(C)C)cc8)c8c(oc9ccccc98)c6-7)cc5)cc4)c4c(oc5ccccc54)c2-3)cc1. The Morgan fingerprint density at radius 2 is 0.500 bits per heavy atom. The van der Waals surface area contributed by atoms with E-state index in [0.717, 1.165) is 125 Å². The summed E-state index contributed by atoms with van der Waals surface area (Å²) in [7, 11) is -3.24. The largest absolute Gasteiger partial charge is 0.455 e. The maximum Gasteiger partial charge on any atom is 0.145 e. The van der Waals surface area contributed by atoms with Gasteiger partial charge in [0.05, 0.1) is 38.3 Å². The topological polar surface area (TPSA) is 39.2 Å². The number of anilines is 12.